The van der Waals surface area contributed by atoms with Crippen LogP contribution in [0.15, 0.2) is 15.9 Å². The van der Waals surface area contributed by atoms with Gasteiger partial charge in [0.15, 0.2) is 17.0 Å². The van der Waals surface area contributed by atoms with Gasteiger partial charge in [0, 0.05) is 14.1 Å². The third-order valence-corrected chi connectivity index (χ3v) is 3.32. The summed E-state index contributed by atoms with van der Waals surface area (Å²) in [4.78, 5) is 40.1. The van der Waals surface area contributed by atoms with E-state index in [-0.39, 0.29) is 30.1 Å². The maximum absolute atomic E-state index is 12.3. The summed E-state index contributed by atoms with van der Waals surface area (Å²) < 4.78 is 3.80. The van der Waals surface area contributed by atoms with Crippen LogP contribution in [0.25, 0.3) is 11.2 Å². The molecule has 3 rings (SSSR count). The van der Waals surface area contributed by atoms with Crippen molar-refractivity contribution in [1.29, 1.82) is 0 Å². The van der Waals surface area contributed by atoms with Crippen molar-refractivity contribution in [3.05, 3.63) is 33.0 Å². The minimum Gasteiger partial charge on any atom is -0.368 e. The van der Waals surface area contributed by atoms with Gasteiger partial charge in [-0.05, 0) is 5.21 Å². The van der Waals surface area contributed by atoms with Crippen molar-refractivity contribution in [2.24, 2.45) is 19.8 Å². The van der Waals surface area contributed by atoms with Gasteiger partial charge in [-0.1, -0.05) is 0 Å². The van der Waals surface area contributed by atoms with E-state index in [1.165, 1.54) is 29.6 Å². The van der Waals surface area contributed by atoms with Crippen molar-refractivity contribution in [3.63, 3.8) is 0 Å². The average Bonchev–Trinajstić information content (AvgIpc) is 3.10. The molecule has 0 unspecified atom stereocenters. The molecule has 12 heteroatoms. The third kappa shape index (κ3) is 2.39. The summed E-state index contributed by atoms with van der Waals surface area (Å²) in [6, 6.07) is 0. The van der Waals surface area contributed by atoms with Crippen LogP contribution < -0.4 is 17.0 Å². The first-order valence-electron chi connectivity index (χ1n) is 6.54. The molecule has 3 aromatic rings. The molecule has 0 aromatic carbocycles. The second-order valence-corrected chi connectivity index (χ2v) is 4.95. The van der Waals surface area contributed by atoms with Crippen molar-refractivity contribution in [2.75, 3.05) is 0 Å². The fraction of sp³-hybridized carbons (Fsp3) is 0.364. The normalized spacial score (nSPS) is 11.2. The SMILES string of the molecule is Cn1c(=O)c2c(ncn2Cc2nnn(CC(N)=O)n2)n(C)c1=O. The fourth-order valence-electron chi connectivity index (χ4n) is 2.22. The molecule has 0 saturated carbocycles. The number of aryl methyl sites for hydroxylation is 1. The van der Waals surface area contributed by atoms with Crippen LogP contribution >= 0.6 is 0 Å². The molecule has 0 radical (unpaired) electrons. The summed E-state index contributed by atoms with van der Waals surface area (Å²) in [7, 11) is 2.92. The van der Waals surface area contributed by atoms with E-state index in [4.69, 9.17) is 5.73 Å². The van der Waals surface area contributed by atoms with E-state index >= 15 is 0 Å². The molecular formula is C11H13N9O3. The van der Waals surface area contributed by atoms with Crippen molar-refractivity contribution < 1.29 is 4.79 Å². The van der Waals surface area contributed by atoms with Crippen LogP contribution in [0.2, 0.25) is 0 Å². The molecule has 3 heterocycles. The number of carbonyl (C=O) groups excluding carboxylic acids is 1. The number of hydrogen-bond donors (Lipinski definition) is 1. The molecule has 0 saturated heterocycles. The van der Waals surface area contributed by atoms with Crippen LogP contribution in [0, 0.1) is 0 Å². The summed E-state index contributed by atoms with van der Waals surface area (Å²) in [5, 5.41) is 11.5. The second kappa shape index (κ2) is 5.15. The first kappa shape index (κ1) is 14.6. The van der Waals surface area contributed by atoms with Gasteiger partial charge in [-0.15, -0.1) is 10.2 Å². The molecule has 120 valence electrons. The molecular weight excluding hydrogens is 306 g/mol. The van der Waals surface area contributed by atoms with Gasteiger partial charge in [0.1, 0.15) is 6.54 Å². The van der Waals surface area contributed by atoms with Gasteiger partial charge in [0.05, 0.1) is 12.9 Å². The Morgan fingerprint density at radius 2 is 2.00 bits per heavy atom. The lowest BCUT2D eigenvalue weighted by Gasteiger charge is -2.04. The lowest BCUT2D eigenvalue weighted by molar-refractivity contribution is -0.118. The Morgan fingerprint density at radius 3 is 2.70 bits per heavy atom. The van der Waals surface area contributed by atoms with Crippen LogP contribution in [0.1, 0.15) is 5.82 Å². The average molecular weight is 319 g/mol. The Balaban J connectivity index is 2.05. The molecule has 0 fully saturated rings. The van der Waals surface area contributed by atoms with Gasteiger partial charge in [-0.2, -0.15) is 4.80 Å². The summed E-state index contributed by atoms with van der Waals surface area (Å²) >= 11 is 0. The first-order chi connectivity index (χ1) is 10.9. The minimum absolute atomic E-state index is 0.114. The maximum Gasteiger partial charge on any atom is 0.332 e. The van der Waals surface area contributed by atoms with Crippen molar-refractivity contribution in [2.45, 2.75) is 13.1 Å². The quantitative estimate of drug-likeness (QED) is 0.537. The maximum atomic E-state index is 12.3. The van der Waals surface area contributed by atoms with Gasteiger partial charge >= 0.3 is 5.69 Å². The van der Waals surface area contributed by atoms with E-state index in [1.807, 2.05) is 0 Å². The molecule has 23 heavy (non-hydrogen) atoms. The van der Waals surface area contributed by atoms with Gasteiger partial charge in [-0.3, -0.25) is 18.7 Å². The minimum atomic E-state index is -0.592. The number of nitrogens with zero attached hydrogens (tertiary/aromatic N) is 8. The summed E-state index contributed by atoms with van der Waals surface area (Å²) in [6.45, 7) is -0.0728. The highest BCUT2D eigenvalue weighted by Crippen LogP contribution is 2.06. The topological polar surface area (TPSA) is 149 Å². The molecule has 12 nitrogen and oxygen atoms in total. The van der Waals surface area contributed by atoms with E-state index in [0.717, 1.165) is 9.36 Å². The summed E-state index contributed by atoms with van der Waals surface area (Å²) in [5.74, 6) is -0.313. The van der Waals surface area contributed by atoms with Gasteiger partial charge in [-0.25, -0.2) is 9.78 Å². The summed E-state index contributed by atoms with van der Waals surface area (Å²) in [5.41, 5.74) is 4.64. The second-order valence-electron chi connectivity index (χ2n) is 4.95. The number of hydrogen-bond acceptors (Lipinski definition) is 7. The molecule has 0 spiro atoms. The predicted octanol–water partition coefficient (Wildman–Crippen LogP) is -3.05. The Labute approximate surface area is 127 Å². The Kier molecular flexibility index (Phi) is 3.28. The molecule has 0 aliphatic heterocycles. The van der Waals surface area contributed by atoms with Crippen LogP contribution in [-0.2, 0) is 32.0 Å². The van der Waals surface area contributed by atoms with E-state index in [1.54, 1.807) is 0 Å². The highest BCUT2D eigenvalue weighted by atomic mass is 16.2. The molecule has 0 aliphatic rings. The lowest BCUT2D eigenvalue weighted by atomic mass is 10.5. The monoisotopic (exact) mass is 319 g/mol. The number of tetrazole rings is 1. The van der Waals surface area contributed by atoms with Gasteiger partial charge in [0.2, 0.25) is 5.91 Å². The predicted molar refractivity (Wildman–Crippen MR) is 76.3 cm³/mol. The fourth-order valence-corrected chi connectivity index (χ4v) is 2.22. The number of amides is 1. The van der Waals surface area contributed by atoms with Crippen LogP contribution in [0.4, 0.5) is 0 Å². The molecule has 3 aromatic heterocycles. The largest absolute Gasteiger partial charge is 0.368 e. The van der Waals surface area contributed by atoms with Crippen molar-refractivity contribution in [3.8, 4) is 0 Å². The van der Waals surface area contributed by atoms with Crippen LogP contribution in [-0.4, -0.2) is 44.8 Å². The Bertz CT molecular complexity index is 1020. The van der Waals surface area contributed by atoms with Crippen molar-refractivity contribution >= 4 is 17.1 Å². The zero-order valence-corrected chi connectivity index (χ0v) is 12.4. The molecule has 0 bridgehead atoms. The molecule has 0 atom stereocenters. The highest BCUT2D eigenvalue weighted by Gasteiger charge is 2.15. The van der Waals surface area contributed by atoms with E-state index in [9.17, 15) is 14.4 Å². The number of carbonyl (C=O) groups is 1. The zero-order valence-electron chi connectivity index (χ0n) is 12.4. The molecule has 2 N–H and O–H groups in total. The highest BCUT2D eigenvalue weighted by molar-refractivity contribution is 5.73. The number of fused-ring (bicyclic) bond motifs is 1. The van der Waals surface area contributed by atoms with Crippen LogP contribution in [0.3, 0.4) is 0 Å². The Hall–Kier alpha value is -3.31. The molecule has 0 aliphatic carbocycles. The standard InChI is InChI=1S/C11H13N9O3/c1-17-9-8(10(22)18(2)11(17)23)19(5-13-9)4-7-14-16-20(15-7)3-6(12)21/h5H,3-4H2,1-2H3,(H2,12,21). The lowest BCUT2D eigenvalue weighted by Crippen LogP contribution is -2.37. The van der Waals surface area contributed by atoms with Gasteiger partial charge in [0.25, 0.3) is 5.56 Å². The third-order valence-electron chi connectivity index (χ3n) is 3.32. The Morgan fingerprint density at radius 1 is 1.26 bits per heavy atom. The smallest absolute Gasteiger partial charge is 0.332 e. The van der Waals surface area contributed by atoms with E-state index < -0.39 is 17.2 Å². The number of primary amides is 1. The van der Waals surface area contributed by atoms with Gasteiger partial charge < -0.3 is 10.3 Å². The zero-order chi connectivity index (χ0) is 16.7. The van der Waals surface area contributed by atoms with Crippen LogP contribution in [0.5, 0.6) is 0 Å². The number of nitrogens with two attached hydrogens (primary N) is 1. The summed E-state index contributed by atoms with van der Waals surface area (Å²) in [6.07, 6.45) is 1.42. The first-order valence-corrected chi connectivity index (χ1v) is 6.54. The van der Waals surface area contributed by atoms with E-state index in [2.05, 4.69) is 20.4 Å². The molecule has 1 amide bonds. The number of aromatic nitrogens is 8. The van der Waals surface area contributed by atoms with E-state index in [0.29, 0.717) is 0 Å². The number of imidazole rings is 1. The number of rotatable bonds is 4. The van der Waals surface area contributed by atoms with Crippen molar-refractivity contribution in [1.82, 2.24) is 38.9 Å².